The molecule has 0 radical (unpaired) electrons. The zero-order valence-corrected chi connectivity index (χ0v) is 10.3. The summed E-state index contributed by atoms with van der Waals surface area (Å²) in [6, 6.07) is 7.40. The van der Waals surface area contributed by atoms with Crippen molar-refractivity contribution in [2.75, 3.05) is 25.5 Å². The standard InChI is InChI=1S/C13H18N2O2/c1-15(2)10-5-3-6-11(9-10)17-13(16)12-7-4-8-14-12/h3,5-6,9,12,14H,4,7-8H2,1-2H3. The third-order valence-corrected chi connectivity index (χ3v) is 2.90. The molecule has 1 aromatic carbocycles. The van der Waals surface area contributed by atoms with Crippen molar-refractivity contribution in [1.82, 2.24) is 5.32 Å². The first kappa shape index (κ1) is 11.9. The second-order valence-corrected chi connectivity index (χ2v) is 4.46. The summed E-state index contributed by atoms with van der Waals surface area (Å²) in [6.45, 7) is 0.900. The summed E-state index contributed by atoms with van der Waals surface area (Å²) < 4.78 is 5.36. The molecule has 1 heterocycles. The zero-order valence-electron chi connectivity index (χ0n) is 10.3. The highest BCUT2D eigenvalue weighted by Gasteiger charge is 2.23. The Kier molecular flexibility index (Phi) is 3.64. The summed E-state index contributed by atoms with van der Waals surface area (Å²) in [5, 5.41) is 3.13. The fourth-order valence-electron chi connectivity index (χ4n) is 1.90. The van der Waals surface area contributed by atoms with Crippen LogP contribution in [0.15, 0.2) is 24.3 Å². The second-order valence-electron chi connectivity index (χ2n) is 4.46. The number of benzene rings is 1. The van der Waals surface area contributed by atoms with E-state index in [4.69, 9.17) is 4.74 Å². The van der Waals surface area contributed by atoms with Crippen LogP contribution in [-0.4, -0.2) is 32.7 Å². The Hall–Kier alpha value is -1.55. The number of esters is 1. The van der Waals surface area contributed by atoms with Crippen LogP contribution < -0.4 is 15.0 Å². The molecule has 1 saturated heterocycles. The van der Waals surface area contributed by atoms with Crippen molar-refractivity contribution in [1.29, 1.82) is 0 Å². The summed E-state index contributed by atoms with van der Waals surface area (Å²) in [7, 11) is 3.92. The van der Waals surface area contributed by atoms with Gasteiger partial charge in [-0.3, -0.25) is 0 Å². The maximum Gasteiger partial charge on any atom is 0.328 e. The molecule has 2 rings (SSSR count). The molecule has 0 aliphatic carbocycles. The van der Waals surface area contributed by atoms with Crippen LogP contribution in [0, 0.1) is 0 Å². The highest BCUT2D eigenvalue weighted by molar-refractivity contribution is 5.78. The average Bonchev–Trinajstić information content (AvgIpc) is 2.82. The topological polar surface area (TPSA) is 41.6 Å². The molecule has 0 bridgehead atoms. The number of anilines is 1. The molecule has 92 valence electrons. The van der Waals surface area contributed by atoms with Gasteiger partial charge in [0.05, 0.1) is 0 Å². The third kappa shape index (κ3) is 2.97. The van der Waals surface area contributed by atoms with Gasteiger partial charge in [0.1, 0.15) is 11.8 Å². The Morgan fingerprint density at radius 1 is 1.47 bits per heavy atom. The fraction of sp³-hybridized carbons (Fsp3) is 0.462. The molecular formula is C13H18N2O2. The highest BCUT2D eigenvalue weighted by atomic mass is 16.5. The first-order chi connectivity index (χ1) is 8.16. The van der Waals surface area contributed by atoms with E-state index >= 15 is 0 Å². The minimum Gasteiger partial charge on any atom is -0.425 e. The van der Waals surface area contributed by atoms with Gasteiger partial charge >= 0.3 is 5.97 Å². The van der Waals surface area contributed by atoms with Crippen molar-refractivity contribution >= 4 is 11.7 Å². The van der Waals surface area contributed by atoms with E-state index in [0.29, 0.717) is 5.75 Å². The molecule has 17 heavy (non-hydrogen) atoms. The van der Waals surface area contributed by atoms with Crippen molar-refractivity contribution in [3.05, 3.63) is 24.3 Å². The fourth-order valence-corrected chi connectivity index (χ4v) is 1.90. The van der Waals surface area contributed by atoms with Crippen LogP contribution in [0.1, 0.15) is 12.8 Å². The molecule has 1 N–H and O–H groups in total. The highest BCUT2D eigenvalue weighted by Crippen LogP contribution is 2.20. The Morgan fingerprint density at radius 3 is 2.94 bits per heavy atom. The van der Waals surface area contributed by atoms with E-state index in [0.717, 1.165) is 25.1 Å². The molecule has 0 saturated carbocycles. The summed E-state index contributed by atoms with van der Waals surface area (Å²) in [5.74, 6) is 0.424. The lowest BCUT2D eigenvalue weighted by Gasteiger charge is -2.14. The summed E-state index contributed by atoms with van der Waals surface area (Å²) >= 11 is 0. The van der Waals surface area contributed by atoms with Gasteiger partial charge in [0, 0.05) is 25.8 Å². The molecule has 4 nitrogen and oxygen atoms in total. The van der Waals surface area contributed by atoms with Crippen LogP contribution in [0.5, 0.6) is 5.75 Å². The summed E-state index contributed by atoms with van der Waals surface area (Å²) in [4.78, 5) is 13.8. The van der Waals surface area contributed by atoms with Crippen LogP contribution in [0.2, 0.25) is 0 Å². The molecule has 1 aromatic rings. The summed E-state index contributed by atoms with van der Waals surface area (Å²) in [6.07, 6.45) is 1.91. The van der Waals surface area contributed by atoms with Gasteiger partial charge in [-0.15, -0.1) is 0 Å². The van der Waals surface area contributed by atoms with Gasteiger partial charge in [-0.25, -0.2) is 4.79 Å². The minimum atomic E-state index is -0.182. The van der Waals surface area contributed by atoms with Gasteiger partial charge in [0.2, 0.25) is 0 Å². The number of nitrogens with one attached hydrogen (secondary N) is 1. The maximum atomic E-state index is 11.8. The van der Waals surface area contributed by atoms with E-state index in [2.05, 4.69) is 5.32 Å². The van der Waals surface area contributed by atoms with Crippen molar-refractivity contribution in [3.8, 4) is 5.75 Å². The molecule has 1 atom stereocenters. The van der Waals surface area contributed by atoms with E-state index in [9.17, 15) is 4.79 Å². The summed E-state index contributed by atoms with van der Waals surface area (Å²) in [5.41, 5.74) is 1.02. The van der Waals surface area contributed by atoms with Gasteiger partial charge in [-0.05, 0) is 31.5 Å². The number of carbonyl (C=O) groups excluding carboxylic acids is 1. The Labute approximate surface area is 102 Å². The van der Waals surface area contributed by atoms with Crippen LogP contribution in [0.4, 0.5) is 5.69 Å². The van der Waals surface area contributed by atoms with Crippen LogP contribution >= 0.6 is 0 Å². The van der Waals surface area contributed by atoms with Gasteiger partial charge in [-0.2, -0.15) is 0 Å². The number of rotatable bonds is 3. The van der Waals surface area contributed by atoms with Gasteiger partial charge in [0.25, 0.3) is 0 Å². The smallest absolute Gasteiger partial charge is 0.328 e. The van der Waals surface area contributed by atoms with E-state index in [1.807, 2.05) is 37.2 Å². The molecule has 4 heteroatoms. The molecule has 1 aliphatic heterocycles. The zero-order chi connectivity index (χ0) is 12.3. The molecule has 0 spiro atoms. The van der Waals surface area contributed by atoms with E-state index < -0.39 is 0 Å². The number of carbonyl (C=O) groups is 1. The largest absolute Gasteiger partial charge is 0.425 e. The molecule has 1 fully saturated rings. The van der Waals surface area contributed by atoms with Crippen LogP contribution in [0.25, 0.3) is 0 Å². The number of nitrogens with zero attached hydrogens (tertiary/aromatic N) is 1. The number of hydrogen-bond acceptors (Lipinski definition) is 4. The van der Waals surface area contributed by atoms with Gasteiger partial charge < -0.3 is 15.0 Å². The number of ether oxygens (including phenoxy) is 1. The second kappa shape index (κ2) is 5.19. The molecule has 1 aliphatic rings. The normalized spacial score (nSPS) is 19.1. The molecule has 1 unspecified atom stereocenters. The molecule has 0 aromatic heterocycles. The Morgan fingerprint density at radius 2 is 2.29 bits per heavy atom. The van der Waals surface area contributed by atoms with Gasteiger partial charge in [-0.1, -0.05) is 6.07 Å². The van der Waals surface area contributed by atoms with Crippen molar-refractivity contribution in [2.24, 2.45) is 0 Å². The van der Waals surface area contributed by atoms with E-state index in [1.165, 1.54) is 0 Å². The molecular weight excluding hydrogens is 216 g/mol. The van der Waals surface area contributed by atoms with Gasteiger partial charge in [0.15, 0.2) is 0 Å². The third-order valence-electron chi connectivity index (χ3n) is 2.90. The first-order valence-corrected chi connectivity index (χ1v) is 5.89. The Balaban J connectivity index is 2.02. The van der Waals surface area contributed by atoms with E-state index in [-0.39, 0.29) is 12.0 Å². The quantitative estimate of drug-likeness (QED) is 0.634. The SMILES string of the molecule is CN(C)c1cccc(OC(=O)C2CCCN2)c1. The van der Waals surface area contributed by atoms with Crippen molar-refractivity contribution < 1.29 is 9.53 Å². The minimum absolute atomic E-state index is 0.141. The maximum absolute atomic E-state index is 11.8. The predicted molar refractivity (Wildman–Crippen MR) is 67.4 cm³/mol. The first-order valence-electron chi connectivity index (χ1n) is 5.89. The van der Waals surface area contributed by atoms with E-state index in [1.54, 1.807) is 6.07 Å². The van der Waals surface area contributed by atoms with Crippen molar-refractivity contribution in [3.63, 3.8) is 0 Å². The average molecular weight is 234 g/mol. The van der Waals surface area contributed by atoms with Crippen molar-refractivity contribution in [2.45, 2.75) is 18.9 Å². The lowest BCUT2D eigenvalue weighted by molar-refractivity contribution is -0.136. The number of hydrogen-bond donors (Lipinski definition) is 1. The lowest BCUT2D eigenvalue weighted by Crippen LogP contribution is -2.34. The lowest BCUT2D eigenvalue weighted by atomic mass is 10.2. The molecule has 0 amide bonds. The Bertz CT molecular complexity index is 398. The van der Waals surface area contributed by atoms with Crippen LogP contribution in [-0.2, 0) is 4.79 Å². The monoisotopic (exact) mass is 234 g/mol. The predicted octanol–water partition coefficient (Wildman–Crippen LogP) is 1.41. The van der Waals surface area contributed by atoms with Crippen LogP contribution in [0.3, 0.4) is 0 Å².